The van der Waals surface area contributed by atoms with Crippen molar-refractivity contribution in [3.05, 3.63) is 92.5 Å². The number of nitrogens with zero attached hydrogens (tertiary/aromatic N) is 6. The van der Waals surface area contributed by atoms with Crippen LogP contribution in [0.2, 0.25) is 0 Å². The lowest BCUT2D eigenvalue weighted by atomic mass is 10.1. The van der Waals surface area contributed by atoms with Gasteiger partial charge in [-0.25, -0.2) is 15.0 Å². The number of fused-ring (bicyclic) bond motifs is 2. The number of hydrogen-bond acceptors (Lipinski definition) is 7. The average Bonchev–Trinajstić information content (AvgIpc) is 3.16. The molecule has 5 aromatic rings. The zero-order valence-electron chi connectivity index (χ0n) is 16.7. The first kappa shape index (κ1) is 19.2. The molecule has 32 heavy (non-hydrogen) atoms. The van der Waals surface area contributed by atoms with Crippen molar-refractivity contribution in [2.24, 2.45) is 0 Å². The second-order valence-corrected chi connectivity index (χ2v) is 7.22. The molecule has 0 amide bonds. The second kappa shape index (κ2) is 7.20. The molecule has 5 rings (SSSR count). The van der Waals surface area contributed by atoms with Crippen LogP contribution in [-0.2, 0) is 0 Å². The molecule has 0 saturated carbocycles. The normalized spacial score (nSPS) is 11.2. The summed E-state index contributed by atoms with van der Waals surface area (Å²) in [5.74, 6) is 0.269. The number of aromatic nitrogens is 4. The van der Waals surface area contributed by atoms with Crippen molar-refractivity contribution in [1.29, 1.82) is 0 Å². The van der Waals surface area contributed by atoms with E-state index in [0.717, 1.165) is 11.6 Å². The molecule has 0 bridgehead atoms. The topological polar surface area (TPSA) is 130 Å². The Hall–Kier alpha value is -4.73. The summed E-state index contributed by atoms with van der Waals surface area (Å²) in [6.45, 7) is 1.95. The summed E-state index contributed by atoms with van der Waals surface area (Å²) in [6.07, 6.45) is 0. The maximum atomic E-state index is 11.4. The van der Waals surface area contributed by atoms with Gasteiger partial charge in [0.2, 0.25) is 0 Å². The molecule has 0 spiro atoms. The van der Waals surface area contributed by atoms with Crippen LogP contribution in [0.25, 0.3) is 39.4 Å². The lowest BCUT2D eigenvalue weighted by Gasteiger charge is -2.09. The summed E-state index contributed by atoms with van der Waals surface area (Å²) < 4.78 is 1.71. The van der Waals surface area contributed by atoms with Crippen LogP contribution in [0.1, 0.15) is 5.56 Å². The van der Waals surface area contributed by atoms with Gasteiger partial charge in [-0.2, -0.15) is 0 Å². The molecule has 3 aromatic carbocycles. The van der Waals surface area contributed by atoms with Gasteiger partial charge in [-0.05, 0) is 31.2 Å². The van der Waals surface area contributed by atoms with Crippen LogP contribution in [0.15, 0.2) is 66.7 Å². The molecular weight excluding hydrogens is 412 g/mol. The van der Waals surface area contributed by atoms with Gasteiger partial charge in [-0.15, -0.1) is 0 Å². The van der Waals surface area contributed by atoms with Crippen molar-refractivity contribution < 1.29 is 9.85 Å². The molecule has 0 atom stereocenters. The number of nitro groups is 2. The lowest BCUT2D eigenvalue weighted by molar-refractivity contribution is -0.394. The van der Waals surface area contributed by atoms with Crippen LogP contribution < -0.4 is 0 Å². The van der Waals surface area contributed by atoms with Crippen LogP contribution in [0.4, 0.5) is 11.4 Å². The van der Waals surface area contributed by atoms with Gasteiger partial charge in [0.05, 0.1) is 26.9 Å². The quantitative estimate of drug-likeness (QED) is 0.299. The molecule has 10 nitrogen and oxygen atoms in total. The summed E-state index contributed by atoms with van der Waals surface area (Å²) in [7, 11) is 0. The van der Waals surface area contributed by atoms with Gasteiger partial charge in [0.15, 0.2) is 11.3 Å². The molecule has 10 heteroatoms. The Labute approximate surface area is 180 Å². The van der Waals surface area contributed by atoms with E-state index < -0.39 is 21.2 Å². The Kier molecular flexibility index (Phi) is 4.33. The van der Waals surface area contributed by atoms with E-state index in [9.17, 15) is 20.2 Å². The molecule has 156 valence electrons. The Morgan fingerprint density at radius 2 is 1.38 bits per heavy atom. The van der Waals surface area contributed by atoms with E-state index >= 15 is 0 Å². The van der Waals surface area contributed by atoms with Crippen LogP contribution in [0.3, 0.4) is 0 Å². The molecule has 2 aromatic heterocycles. The maximum Gasteiger partial charge on any atom is 0.277 e. The van der Waals surface area contributed by atoms with E-state index in [-0.39, 0.29) is 11.4 Å². The molecule has 0 saturated heterocycles. The van der Waals surface area contributed by atoms with E-state index in [1.54, 1.807) is 4.57 Å². The van der Waals surface area contributed by atoms with Crippen LogP contribution in [0, 0.1) is 27.2 Å². The van der Waals surface area contributed by atoms with Gasteiger partial charge in [0.1, 0.15) is 5.82 Å². The highest BCUT2D eigenvalue weighted by Crippen LogP contribution is 2.33. The smallest absolute Gasteiger partial charge is 0.275 e. The van der Waals surface area contributed by atoms with E-state index in [1.807, 2.05) is 55.5 Å². The fourth-order valence-corrected chi connectivity index (χ4v) is 3.52. The Morgan fingerprint density at radius 1 is 0.781 bits per heavy atom. The van der Waals surface area contributed by atoms with Gasteiger partial charge < -0.3 is 0 Å². The molecule has 0 radical (unpaired) electrons. The van der Waals surface area contributed by atoms with Crippen LogP contribution in [0.5, 0.6) is 0 Å². The Balaban J connectivity index is 1.87. The predicted molar refractivity (Wildman–Crippen MR) is 118 cm³/mol. The fraction of sp³-hybridized carbons (Fsp3) is 0.0455. The van der Waals surface area contributed by atoms with Crippen LogP contribution >= 0.6 is 0 Å². The zero-order valence-corrected chi connectivity index (χ0v) is 16.7. The number of rotatable bonds is 4. The minimum atomic E-state index is -0.667. The molecule has 0 aliphatic rings. The summed E-state index contributed by atoms with van der Waals surface area (Å²) in [5, 5.41) is 22.8. The van der Waals surface area contributed by atoms with Crippen LogP contribution in [-0.4, -0.2) is 29.4 Å². The molecular formula is C22H14N6O4. The average molecular weight is 426 g/mol. The molecule has 0 aliphatic heterocycles. The maximum absolute atomic E-state index is 11.4. The van der Waals surface area contributed by atoms with E-state index in [1.165, 1.54) is 12.1 Å². The molecule has 0 N–H and O–H groups in total. The Morgan fingerprint density at radius 3 is 1.97 bits per heavy atom. The Bertz CT molecular complexity index is 1510. The molecule has 0 aliphatic carbocycles. The number of imidazole rings is 1. The third kappa shape index (κ3) is 3.19. The number of benzene rings is 3. The van der Waals surface area contributed by atoms with Gasteiger partial charge >= 0.3 is 0 Å². The second-order valence-electron chi connectivity index (χ2n) is 7.22. The fourth-order valence-electron chi connectivity index (χ4n) is 3.52. The summed E-state index contributed by atoms with van der Waals surface area (Å²) >= 11 is 0. The van der Waals surface area contributed by atoms with Crippen molar-refractivity contribution >= 4 is 33.7 Å². The van der Waals surface area contributed by atoms with Gasteiger partial charge in [-0.1, -0.05) is 29.8 Å². The highest BCUT2D eigenvalue weighted by Gasteiger charge is 2.23. The standard InChI is InChI=1S/C22H14N6O4/c1-13-6-8-15(9-7-13)26-21(14-10-16(27(29)30)12-17(11-14)28(31)32)25-20-22(26)24-19-5-3-2-4-18(19)23-20/h2-12H,1H3. The van der Waals surface area contributed by atoms with Crippen molar-refractivity contribution in [3.63, 3.8) is 0 Å². The van der Waals surface area contributed by atoms with Crippen molar-refractivity contribution in [2.45, 2.75) is 6.92 Å². The zero-order chi connectivity index (χ0) is 22.4. The first-order valence-electron chi connectivity index (χ1n) is 9.57. The predicted octanol–water partition coefficient (Wildman–Crippen LogP) is 4.76. The lowest BCUT2D eigenvalue weighted by Crippen LogP contribution is -2.01. The largest absolute Gasteiger partial charge is 0.277 e. The van der Waals surface area contributed by atoms with E-state index in [4.69, 9.17) is 4.98 Å². The van der Waals surface area contributed by atoms with Gasteiger partial charge in [0.25, 0.3) is 11.4 Å². The molecule has 2 heterocycles. The van der Waals surface area contributed by atoms with E-state index in [2.05, 4.69) is 9.97 Å². The number of hydrogen-bond donors (Lipinski definition) is 0. The van der Waals surface area contributed by atoms with Gasteiger partial charge in [0, 0.05) is 23.4 Å². The molecule has 0 fully saturated rings. The minimum absolute atomic E-state index is 0.218. The number of aryl methyl sites for hydroxylation is 1. The third-order valence-electron chi connectivity index (χ3n) is 5.04. The molecule has 0 unspecified atom stereocenters. The SMILES string of the molecule is Cc1ccc(-n2c(-c3cc([N+](=O)[O-])cc([N+](=O)[O-])c3)nc3nc4ccccc4nc32)cc1. The number of non-ortho nitro benzene ring substituents is 2. The minimum Gasteiger partial charge on any atom is -0.275 e. The van der Waals surface area contributed by atoms with Gasteiger partial charge in [-0.3, -0.25) is 24.8 Å². The first-order chi connectivity index (χ1) is 15.4. The van der Waals surface area contributed by atoms with E-state index in [0.29, 0.717) is 28.0 Å². The summed E-state index contributed by atoms with van der Waals surface area (Å²) in [4.78, 5) is 35.4. The third-order valence-corrected chi connectivity index (χ3v) is 5.04. The highest BCUT2D eigenvalue weighted by molar-refractivity contribution is 5.86. The first-order valence-corrected chi connectivity index (χ1v) is 9.57. The van der Waals surface area contributed by atoms with Crippen molar-refractivity contribution in [1.82, 2.24) is 19.5 Å². The van der Waals surface area contributed by atoms with Crippen molar-refractivity contribution in [2.75, 3.05) is 0 Å². The number of nitro benzene ring substituents is 2. The monoisotopic (exact) mass is 426 g/mol. The van der Waals surface area contributed by atoms with Crippen molar-refractivity contribution in [3.8, 4) is 17.1 Å². The number of para-hydroxylation sites is 2. The highest BCUT2D eigenvalue weighted by atomic mass is 16.6. The summed E-state index contributed by atoms with van der Waals surface area (Å²) in [5.41, 5.74) is 3.23. The summed E-state index contributed by atoms with van der Waals surface area (Å²) in [6, 6.07) is 18.3.